The predicted molar refractivity (Wildman–Crippen MR) is 51.1 cm³/mol. The summed E-state index contributed by atoms with van der Waals surface area (Å²) in [5.74, 6) is 0. The molecule has 1 N–H and O–H groups in total. The lowest BCUT2D eigenvalue weighted by Gasteiger charge is -2.18. The van der Waals surface area contributed by atoms with Gasteiger partial charge < -0.3 is 9.84 Å². The molecule has 0 spiro atoms. The Hall–Kier alpha value is -0.340. The highest BCUT2D eigenvalue weighted by Crippen LogP contribution is 2.07. The van der Waals surface area contributed by atoms with Gasteiger partial charge in [0, 0.05) is 0 Å². The Kier molecular flexibility index (Phi) is 3.94. The van der Waals surface area contributed by atoms with E-state index in [1.54, 1.807) is 19.9 Å². The summed E-state index contributed by atoms with van der Waals surface area (Å²) in [4.78, 5) is 0. The molecule has 0 radical (unpaired) electrons. The van der Waals surface area contributed by atoms with Gasteiger partial charge in [-0.2, -0.15) is 0 Å². The minimum absolute atomic E-state index is 0.107. The molecule has 0 saturated carbocycles. The predicted octanol–water partition coefficient (Wildman–Crippen LogP) is 2.13. The van der Waals surface area contributed by atoms with Crippen LogP contribution in [0.1, 0.15) is 34.6 Å². The summed E-state index contributed by atoms with van der Waals surface area (Å²) in [6, 6.07) is 0. The van der Waals surface area contributed by atoms with Crippen molar-refractivity contribution >= 4 is 0 Å². The molecular formula is C10H20O2. The van der Waals surface area contributed by atoms with Crippen molar-refractivity contribution < 1.29 is 9.84 Å². The molecule has 0 fully saturated rings. The van der Waals surface area contributed by atoms with Crippen molar-refractivity contribution in [2.45, 2.75) is 45.8 Å². The van der Waals surface area contributed by atoms with E-state index >= 15 is 0 Å². The second-order valence-electron chi connectivity index (χ2n) is 4.48. The van der Waals surface area contributed by atoms with Gasteiger partial charge in [-0.05, 0) is 34.6 Å². The van der Waals surface area contributed by atoms with Gasteiger partial charge in [-0.3, -0.25) is 0 Å². The monoisotopic (exact) mass is 172 g/mol. The van der Waals surface area contributed by atoms with Gasteiger partial charge in [0.25, 0.3) is 0 Å². The zero-order valence-corrected chi connectivity index (χ0v) is 8.72. The van der Waals surface area contributed by atoms with E-state index < -0.39 is 5.60 Å². The molecule has 0 aromatic heterocycles. The second-order valence-corrected chi connectivity index (χ2v) is 4.48. The molecule has 2 nitrogen and oxygen atoms in total. The smallest absolute Gasteiger partial charge is 0.0772 e. The minimum Gasteiger partial charge on any atom is -0.386 e. The number of ether oxygens (including phenoxy) is 1. The fourth-order valence-corrected chi connectivity index (χ4v) is 0.635. The molecule has 0 bridgehead atoms. The zero-order chi connectivity index (χ0) is 9.83. The zero-order valence-electron chi connectivity index (χ0n) is 8.72. The third-order valence-corrected chi connectivity index (χ3v) is 1.14. The van der Waals surface area contributed by atoms with Gasteiger partial charge in [0.15, 0.2) is 0 Å². The van der Waals surface area contributed by atoms with Crippen LogP contribution in [-0.2, 0) is 4.74 Å². The van der Waals surface area contributed by atoms with Crippen LogP contribution in [0.4, 0.5) is 0 Å². The molecule has 0 aliphatic heterocycles. The third-order valence-electron chi connectivity index (χ3n) is 1.14. The maximum absolute atomic E-state index is 9.30. The molecule has 0 aliphatic carbocycles. The number of hydrogen-bond donors (Lipinski definition) is 1. The molecule has 0 aromatic rings. The maximum Gasteiger partial charge on any atom is 0.0772 e. The highest BCUT2D eigenvalue weighted by atomic mass is 16.5. The first kappa shape index (κ1) is 11.7. The molecule has 0 amide bonds. The van der Waals surface area contributed by atoms with E-state index in [0.717, 1.165) is 0 Å². The summed E-state index contributed by atoms with van der Waals surface area (Å²) < 4.78 is 5.43. The Morgan fingerprint density at radius 1 is 1.17 bits per heavy atom. The molecule has 0 heterocycles. The largest absolute Gasteiger partial charge is 0.386 e. The van der Waals surface area contributed by atoms with Crippen LogP contribution in [0.15, 0.2) is 12.2 Å². The van der Waals surface area contributed by atoms with E-state index in [1.165, 1.54) is 0 Å². The molecular weight excluding hydrogens is 152 g/mol. The first-order valence-corrected chi connectivity index (χ1v) is 4.25. The van der Waals surface area contributed by atoms with Crippen LogP contribution in [0.2, 0.25) is 0 Å². The highest BCUT2D eigenvalue weighted by Gasteiger charge is 2.09. The Balaban J connectivity index is 3.64. The molecule has 72 valence electrons. The normalized spacial score (nSPS) is 14.2. The lowest BCUT2D eigenvalue weighted by molar-refractivity contribution is 0.0141. The summed E-state index contributed by atoms with van der Waals surface area (Å²) in [5.41, 5.74) is -0.842. The van der Waals surface area contributed by atoms with E-state index in [4.69, 9.17) is 4.74 Å². The molecule has 12 heavy (non-hydrogen) atoms. The minimum atomic E-state index is -0.735. The van der Waals surface area contributed by atoms with Gasteiger partial charge >= 0.3 is 0 Å². The van der Waals surface area contributed by atoms with Crippen molar-refractivity contribution in [2.24, 2.45) is 0 Å². The summed E-state index contributed by atoms with van der Waals surface area (Å²) in [5, 5.41) is 9.30. The molecule has 0 unspecified atom stereocenters. The first-order valence-electron chi connectivity index (χ1n) is 4.25. The van der Waals surface area contributed by atoms with Crippen LogP contribution >= 0.6 is 0 Å². The Morgan fingerprint density at radius 2 is 1.67 bits per heavy atom. The van der Waals surface area contributed by atoms with E-state index in [0.29, 0.717) is 6.61 Å². The number of aliphatic hydroxyl groups is 1. The van der Waals surface area contributed by atoms with E-state index in [2.05, 4.69) is 0 Å². The second kappa shape index (κ2) is 4.06. The van der Waals surface area contributed by atoms with E-state index in [-0.39, 0.29) is 5.60 Å². The fourth-order valence-electron chi connectivity index (χ4n) is 0.635. The van der Waals surface area contributed by atoms with Crippen molar-refractivity contribution in [2.75, 3.05) is 6.61 Å². The quantitative estimate of drug-likeness (QED) is 0.661. The summed E-state index contributed by atoms with van der Waals surface area (Å²) >= 11 is 0. The van der Waals surface area contributed by atoms with Crippen LogP contribution in [0.3, 0.4) is 0 Å². The summed E-state index contributed by atoms with van der Waals surface area (Å²) in [7, 11) is 0. The number of hydrogen-bond acceptors (Lipinski definition) is 2. The Bertz CT molecular complexity index is 146. The van der Waals surface area contributed by atoms with Gasteiger partial charge in [0.1, 0.15) is 0 Å². The van der Waals surface area contributed by atoms with Crippen LogP contribution in [0, 0.1) is 0 Å². The van der Waals surface area contributed by atoms with Crippen molar-refractivity contribution in [3.63, 3.8) is 0 Å². The van der Waals surface area contributed by atoms with Crippen molar-refractivity contribution in [1.82, 2.24) is 0 Å². The van der Waals surface area contributed by atoms with Gasteiger partial charge in [-0.25, -0.2) is 0 Å². The average Bonchev–Trinajstić information content (AvgIpc) is 1.76. The summed E-state index contributed by atoms with van der Waals surface area (Å²) in [6.07, 6.45) is 3.57. The number of rotatable bonds is 3. The van der Waals surface area contributed by atoms with Gasteiger partial charge in [-0.15, -0.1) is 0 Å². The van der Waals surface area contributed by atoms with Crippen LogP contribution in [0.5, 0.6) is 0 Å². The van der Waals surface area contributed by atoms with Crippen molar-refractivity contribution in [3.05, 3.63) is 12.2 Å². The SMILES string of the molecule is CC(C)(O)/C=C/COC(C)(C)C. The molecule has 0 rings (SSSR count). The lowest BCUT2D eigenvalue weighted by Crippen LogP contribution is -2.20. The van der Waals surface area contributed by atoms with E-state index in [1.807, 2.05) is 26.8 Å². The fraction of sp³-hybridized carbons (Fsp3) is 0.800. The van der Waals surface area contributed by atoms with Crippen LogP contribution < -0.4 is 0 Å². The average molecular weight is 172 g/mol. The van der Waals surface area contributed by atoms with Gasteiger partial charge in [-0.1, -0.05) is 12.2 Å². The van der Waals surface area contributed by atoms with Crippen LogP contribution in [-0.4, -0.2) is 22.9 Å². The molecule has 0 aliphatic rings. The molecule has 0 aromatic carbocycles. The maximum atomic E-state index is 9.30. The van der Waals surface area contributed by atoms with Crippen LogP contribution in [0.25, 0.3) is 0 Å². The van der Waals surface area contributed by atoms with Crippen molar-refractivity contribution in [1.29, 1.82) is 0 Å². The molecule has 2 heteroatoms. The van der Waals surface area contributed by atoms with Gasteiger partial charge in [0.05, 0.1) is 17.8 Å². The Labute approximate surface area is 75.2 Å². The lowest BCUT2D eigenvalue weighted by atomic mass is 10.1. The van der Waals surface area contributed by atoms with E-state index in [9.17, 15) is 5.11 Å². The standard InChI is InChI=1S/C10H20O2/c1-9(2,3)12-8-6-7-10(4,5)11/h6-7,11H,8H2,1-5H3/b7-6+. The summed E-state index contributed by atoms with van der Waals surface area (Å²) in [6.45, 7) is 10.0. The third kappa shape index (κ3) is 9.66. The Morgan fingerprint density at radius 3 is 2.00 bits per heavy atom. The first-order chi connectivity index (χ1) is 5.21. The van der Waals surface area contributed by atoms with Gasteiger partial charge in [0.2, 0.25) is 0 Å². The highest BCUT2D eigenvalue weighted by molar-refractivity contribution is 4.95. The molecule has 0 saturated heterocycles. The molecule has 0 atom stereocenters. The van der Waals surface area contributed by atoms with Crippen molar-refractivity contribution in [3.8, 4) is 0 Å². The topological polar surface area (TPSA) is 29.5 Å².